The molecule has 4 rings (SSSR count). The minimum Gasteiger partial charge on any atom is -0.496 e. The van der Waals surface area contributed by atoms with Gasteiger partial charge in [-0.3, -0.25) is 4.79 Å². The number of methoxy groups -OCH3 is 1. The zero-order valence-electron chi connectivity index (χ0n) is 17.2. The number of carbonyl (C=O) groups excluding carboxylic acids is 1. The summed E-state index contributed by atoms with van der Waals surface area (Å²) >= 11 is 0. The molecule has 3 aromatic rings. The molecule has 2 heterocycles. The summed E-state index contributed by atoms with van der Waals surface area (Å²) in [5, 5.41) is 6.23. The monoisotopic (exact) mass is 403 g/mol. The van der Waals surface area contributed by atoms with Crippen LogP contribution in [0.1, 0.15) is 29.0 Å². The lowest BCUT2D eigenvalue weighted by atomic mass is 10.2. The van der Waals surface area contributed by atoms with Crippen molar-refractivity contribution in [3.05, 3.63) is 66.0 Å². The lowest BCUT2D eigenvalue weighted by molar-refractivity contribution is 0.102. The Hall–Kier alpha value is -3.61. The van der Waals surface area contributed by atoms with E-state index in [0.29, 0.717) is 17.0 Å². The molecule has 0 radical (unpaired) electrons. The highest BCUT2D eigenvalue weighted by Crippen LogP contribution is 2.24. The van der Waals surface area contributed by atoms with Crippen LogP contribution in [0.25, 0.3) is 0 Å². The third kappa shape index (κ3) is 4.51. The summed E-state index contributed by atoms with van der Waals surface area (Å²) < 4.78 is 5.26. The van der Waals surface area contributed by atoms with Gasteiger partial charge in [0.15, 0.2) is 0 Å². The van der Waals surface area contributed by atoms with Crippen molar-refractivity contribution >= 4 is 28.9 Å². The summed E-state index contributed by atoms with van der Waals surface area (Å²) in [6, 6.07) is 16.6. The maximum atomic E-state index is 12.5. The van der Waals surface area contributed by atoms with Gasteiger partial charge in [-0.05, 0) is 56.2 Å². The van der Waals surface area contributed by atoms with Crippen LogP contribution in [0.15, 0.2) is 54.6 Å². The maximum Gasteiger partial charge on any atom is 0.259 e. The first kappa shape index (κ1) is 19.7. The molecule has 0 spiro atoms. The summed E-state index contributed by atoms with van der Waals surface area (Å²) in [5.41, 5.74) is 2.08. The van der Waals surface area contributed by atoms with Crippen molar-refractivity contribution in [2.75, 3.05) is 35.7 Å². The fourth-order valence-corrected chi connectivity index (χ4v) is 3.54. The Morgan fingerprint density at radius 2 is 1.70 bits per heavy atom. The number of nitrogens with one attached hydrogen (secondary N) is 2. The quantitative estimate of drug-likeness (QED) is 0.635. The highest BCUT2D eigenvalue weighted by atomic mass is 16.5. The first-order valence-electron chi connectivity index (χ1n) is 10.0. The van der Waals surface area contributed by atoms with Gasteiger partial charge in [-0.25, -0.2) is 9.97 Å². The van der Waals surface area contributed by atoms with Crippen LogP contribution in [0.4, 0.5) is 23.0 Å². The Bertz CT molecular complexity index is 1030. The molecule has 7 heteroatoms. The lowest BCUT2D eigenvalue weighted by Gasteiger charge is -2.18. The molecule has 2 N–H and O–H groups in total. The van der Waals surface area contributed by atoms with Gasteiger partial charge >= 0.3 is 0 Å². The zero-order valence-corrected chi connectivity index (χ0v) is 17.2. The topological polar surface area (TPSA) is 79.4 Å². The van der Waals surface area contributed by atoms with E-state index in [4.69, 9.17) is 4.74 Å². The third-order valence-corrected chi connectivity index (χ3v) is 5.02. The molecule has 2 aromatic carbocycles. The van der Waals surface area contributed by atoms with E-state index in [-0.39, 0.29) is 5.91 Å². The van der Waals surface area contributed by atoms with Crippen molar-refractivity contribution in [2.24, 2.45) is 0 Å². The third-order valence-electron chi connectivity index (χ3n) is 5.02. The summed E-state index contributed by atoms with van der Waals surface area (Å²) in [7, 11) is 1.55. The van der Waals surface area contributed by atoms with Crippen LogP contribution >= 0.6 is 0 Å². The van der Waals surface area contributed by atoms with Crippen LogP contribution in [-0.4, -0.2) is 36.1 Å². The molecule has 154 valence electrons. The summed E-state index contributed by atoms with van der Waals surface area (Å²) in [5.74, 6) is 2.79. The number of benzene rings is 2. The second kappa shape index (κ2) is 8.82. The zero-order chi connectivity index (χ0) is 20.9. The van der Waals surface area contributed by atoms with Crippen molar-refractivity contribution in [3.63, 3.8) is 0 Å². The van der Waals surface area contributed by atoms with Crippen LogP contribution in [0, 0.1) is 6.92 Å². The Labute approximate surface area is 176 Å². The minimum absolute atomic E-state index is 0.213. The van der Waals surface area contributed by atoms with Gasteiger partial charge in [-0.15, -0.1) is 0 Å². The Morgan fingerprint density at radius 3 is 2.43 bits per heavy atom. The Kier molecular flexibility index (Phi) is 5.79. The molecule has 1 saturated heterocycles. The van der Waals surface area contributed by atoms with E-state index in [1.807, 2.05) is 49.4 Å². The fourth-order valence-electron chi connectivity index (χ4n) is 3.54. The summed E-state index contributed by atoms with van der Waals surface area (Å²) in [6.07, 6.45) is 2.40. The van der Waals surface area contributed by atoms with E-state index in [9.17, 15) is 4.79 Å². The smallest absolute Gasteiger partial charge is 0.259 e. The van der Waals surface area contributed by atoms with E-state index in [1.165, 1.54) is 12.8 Å². The van der Waals surface area contributed by atoms with Gasteiger partial charge in [0.05, 0.1) is 12.7 Å². The van der Waals surface area contributed by atoms with E-state index in [0.717, 1.165) is 36.2 Å². The van der Waals surface area contributed by atoms with Crippen molar-refractivity contribution in [1.82, 2.24) is 9.97 Å². The number of rotatable bonds is 6. The number of amides is 1. The van der Waals surface area contributed by atoms with Crippen molar-refractivity contribution in [3.8, 4) is 5.75 Å². The Morgan fingerprint density at radius 1 is 1.00 bits per heavy atom. The number of anilines is 4. The predicted octanol–water partition coefficient (Wildman–Crippen LogP) is 4.39. The van der Waals surface area contributed by atoms with Gasteiger partial charge < -0.3 is 20.3 Å². The molecular formula is C23H25N5O2. The Balaban J connectivity index is 1.44. The standard InChI is InChI=1S/C23H25N5O2/c1-16-24-21(15-22(25-16)28-13-5-6-14-28)26-17-9-11-18(12-10-17)27-23(29)19-7-3-4-8-20(19)30-2/h3-4,7-12,15H,5-6,13-14H2,1-2H3,(H,27,29)(H,24,25,26). The maximum absolute atomic E-state index is 12.5. The number of aromatic nitrogens is 2. The van der Waals surface area contributed by atoms with Gasteiger partial charge in [0.25, 0.3) is 5.91 Å². The molecule has 0 atom stereocenters. The first-order chi connectivity index (χ1) is 14.6. The fraction of sp³-hybridized carbons (Fsp3) is 0.261. The molecule has 0 unspecified atom stereocenters. The average molecular weight is 403 g/mol. The van der Waals surface area contributed by atoms with Gasteiger partial charge in [-0.2, -0.15) is 0 Å². The normalized spacial score (nSPS) is 13.2. The number of carbonyl (C=O) groups is 1. The second-order valence-electron chi connectivity index (χ2n) is 7.21. The molecule has 1 amide bonds. The van der Waals surface area contributed by atoms with Crippen molar-refractivity contribution < 1.29 is 9.53 Å². The molecule has 0 aliphatic carbocycles. The van der Waals surface area contributed by atoms with E-state index in [1.54, 1.807) is 19.2 Å². The molecule has 7 nitrogen and oxygen atoms in total. The summed E-state index contributed by atoms with van der Waals surface area (Å²) in [4.78, 5) is 23.9. The number of ether oxygens (including phenoxy) is 1. The van der Waals surface area contributed by atoms with Crippen LogP contribution in [0.5, 0.6) is 5.75 Å². The van der Waals surface area contributed by atoms with Crippen molar-refractivity contribution in [1.29, 1.82) is 0 Å². The lowest BCUT2D eigenvalue weighted by Crippen LogP contribution is -2.19. The first-order valence-corrected chi connectivity index (χ1v) is 10.0. The van der Waals surface area contributed by atoms with Crippen molar-refractivity contribution in [2.45, 2.75) is 19.8 Å². The predicted molar refractivity (Wildman–Crippen MR) is 119 cm³/mol. The molecule has 1 aliphatic heterocycles. The average Bonchev–Trinajstić information content (AvgIpc) is 3.30. The number of hydrogen-bond donors (Lipinski definition) is 2. The number of aryl methyl sites for hydroxylation is 1. The van der Waals surface area contributed by atoms with Crippen LogP contribution < -0.4 is 20.3 Å². The minimum atomic E-state index is -0.213. The second-order valence-corrected chi connectivity index (χ2v) is 7.21. The highest BCUT2D eigenvalue weighted by Gasteiger charge is 2.15. The molecule has 1 aromatic heterocycles. The molecule has 1 aliphatic rings. The van der Waals surface area contributed by atoms with Crippen LogP contribution in [-0.2, 0) is 0 Å². The van der Waals surface area contributed by atoms with Crippen LogP contribution in [0.3, 0.4) is 0 Å². The molecule has 0 bridgehead atoms. The van der Waals surface area contributed by atoms with E-state index in [2.05, 4.69) is 25.5 Å². The SMILES string of the molecule is COc1ccccc1C(=O)Nc1ccc(Nc2cc(N3CCCC3)nc(C)n2)cc1. The largest absolute Gasteiger partial charge is 0.496 e. The highest BCUT2D eigenvalue weighted by molar-refractivity contribution is 6.06. The molecular weight excluding hydrogens is 378 g/mol. The van der Waals surface area contributed by atoms with Crippen LogP contribution in [0.2, 0.25) is 0 Å². The molecule has 30 heavy (non-hydrogen) atoms. The van der Waals surface area contributed by atoms with Gasteiger partial charge in [0, 0.05) is 30.5 Å². The number of nitrogens with zero attached hydrogens (tertiary/aromatic N) is 3. The number of para-hydroxylation sites is 1. The van der Waals surface area contributed by atoms with E-state index >= 15 is 0 Å². The molecule has 1 fully saturated rings. The van der Waals surface area contributed by atoms with Gasteiger partial charge in [-0.1, -0.05) is 12.1 Å². The van der Waals surface area contributed by atoms with Gasteiger partial charge in [0.1, 0.15) is 23.2 Å². The van der Waals surface area contributed by atoms with Gasteiger partial charge in [0.2, 0.25) is 0 Å². The number of hydrogen-bond acceptors (Lipinski definition) is 6. The van der Waals surface area contributed by atoms with E-state index < -0.39 is 0 Å². The summed E-state index contributed by atoms with van der Waals surface area (Å²) in [6.45, 7) is 3.98. The molecule has 0 saturated carbocycles.